The summed E-state index contributed by atoms with van der Waals surface area (Å²) in [5.41, 5.74) is 0. The van der Waals surface area contributed by atoms with Gasteiger partial charge in [-0.2, -0.15) is 0 Å². The molecule has 0 saturated carbocycles. The molecule has 312 valence electrons. The molecule has 2 aliphatic rings. The molecule has 0 aromatic rings. The topological polar surface area (TPSA) is 136 Å². The van der Waals surface area contributed by atoms with Crippen LogP contribution in [0.15, 0.2) is 0 Å². The van der Waals surface area contributed by atoms with E-state index < -0.39 is 0 Å². The fourth-order valence-corrected chi connectivity index (χ4v) is 10.0. The van der Waals surface area contributed by atoms with Crippen molar-refractivity contribution in [3.63, 3.8) is 0 Å². The lowest BCUT2D eigenvalue weighted by molar-refractivity contribution is -0.121. The number of hydrogen-bond acceptors (Lipinski definition) is 14. The summed E-state index contributed by atoms with van der Waals surface area (Å²) in [6.45, 7) is 19.5. The number of amides is 2. The van der Waals surface area contributed by atoms with Gasteiger partial charge in [0, 0.05) is 88.3 Å². The van der Waals surface area contributed by atoms with Crippen molar-refractivity contribution in [2.24, 2.45) is 0 Å². The van der Waals surface area contributed by atoms with Crippen LogP contribution in [0.5, 0.6) is 0 Å². The van der Waals surface area contributed by atoms with Crippen LogP contribution in [0.3, 0.4) is 0 Å². The van der Waals surface area contributed by atoms with Gasteiger partial charge in [-0.05, 0) is 136 Å². The van der Waals surface area contributed by atoms with Gasteiger partial charge in [0.15, 0.2) is 0 Å². The maximum absolute atomic E-state index is 12.4. The second-order valence-corrected chi connectivity index (χ2v) is 19.3. The highest BCUT2D eigenvalue weighted by Gasteiger charge is 2.11. The molecule has 0 aromatic carbocycles. The fraction of sp³-hybridized carbons (Fsp3) is 0.946. The van der Waals surface area contributed by atoms with Crippen molar-refractivity contribution in [2.45, 2.75) is 70.6 Å². The van der Waals surface area contributed by atoms with E-state index >= 15 is 0 Å². The van der Waals surface area contributed by atoms with Crippen molar-refractivity contribution in [3.8, 4) is 0 Å². The number of likely N-dealkylation sites (tertiary alicyclic amines) is 2. The predicted molar refractivity (Wildman–Crippen MR) is 235 cm³/mol. The Hall–Kier alpha value is 0.0200. The molecule has 0 aliphatic carbocycles. The molecule has 2 rings (SSSR count). The van der Waals surface area contributed by atoms with Gasteiger partial charge in [-0.25, -0.2) is 0 Å². The minimum Gasteiger partial charge on any atom is -0.396 e. The summed E-state index contributed by atoms with van der Waals surface area (Å²) in [6.07, 6.45) is 11.8. The smallest absolute Gasteiger partial charge is 0.221 e. The van der Waals surface area contributed by atoms with Gasteiger partial charge in [0.2, 0.25) is 11.8 Å². The minimum absolute atomic E-state index is 0.110. The maximum Gasteiger partial charge on any atom is 0.221 e. The number of hydrogen-bond donors (Lipinski definition) is 7. The number of carbonyl (C=O) groups is 2. The van der Waals surface area contributed by atoms with Crippen molar-refractivity contribution < 1.29 is 14.7 Å². The van der Waals surface area contributed by atoms with Crippen molar-refractivity contribution >= 4 is 55.0 Å². The Balaban J connectivity index is 1.29. The Kier molecular flexibility index (Phi) is 34.9. The molecule has 0 atom stereocenters. The van der Waals surface area contributed by atoms with E-state index in [-0.39, 0.29) is 18.4 Å². The van der Waals surface area contributed by atoms with E-state index in [1.54, 1.807) is 0 Å². The van der Waals surface area contributed by atoms with Crippen LogP contribution in [0.25, 0.3) is 0 Å². The summed E-state index contributed by atoms with van der Waals surface area (Å²) in [5, 5.41) is 29.4. The molecule has 12 nitrogen and oxygen atoms in total. The number of aliphatic hydroxyl groups is 1. The molecule has 2 amide bonds. The zero-order valence-electron chi connectivity index (χ0n) is 33.0. The normalized spacial score (nSPS) is 15.2. The molecule has 2 saturated heterocycles. The first-order valence-electron chi connectivity index (χ1n) is 20.8. The second-order valence-electron chi connectivity index (χ2n) is 13.9. The van der Waals surface area contributed by atoms with Crippen LogP contribution in [-0.2, 0) is 9.59 Å². The van der Waals surface area contributed by atoms with Gasteiger partial charge in [0.05, 0.1) is 0 Å². The van der Waals surface area contributed by atoms with Gasteiger partial charge < -0.3 is 51.7 Å². The predicted octanol–water partition coefficient (Wildman–Crippen LogP) is 2.56. The van der Waals surface area contributed by atoms with Gasteiger partial charge in [-0.15, -0.1) is 0 Å². The van der Waals surface area contributed by atoms with E-state index in [1.807, 2.05) is 43.2 Å². The summed E-state index contributed by atoms with van der Waals surface area (Å²) in [5.74, 6) is 4.18. The summed E-state index contributed by atoms with van der Waals surface area (Å²) in [4.78, 5) is 31.9. The molecule has 0 spiro atoms. The van der Waals surface area contributed by atoms with Crippen LogP contribution >= 0.6 is 43.2 Å². The quantitative estimate of drug-likeness (QED) is 0.0362. The average Bonchev–Trinajstić information content (AvgIpc) is 3.89. The molecule has 0 radical (unpaired) electrons. The zero-order chi connectivity index (χ0) is 37.7. The molecule has 0 unspecified atom stereocenters. The third-order valence-electron chi connectivity index (χ3n) is 9.31. The highest BCUT2D eigenvalue weighted by Crippen LogP contribution is 2.20. The Morgan fingerprint density at radius 2 is 0.925 bits per heavy atom. The second kappa shape index (κ2) is 37.6. The maximum atomic E-state index is 12.4. The first-order valence-corrected chi connectivity index (χ1v) is 25.8. The van der Waals surface area contributed by atoms with Crippen molar-refractivity contribution in [2.75, 3.05) is 154 Å². The minimum atomic E-state index is 0.110. The SMILES string of the molecule is O=C(CCNCCCN1CCCC1)NCCSSCCNCCCN(CCCO)CCC(=O)NCCSSCCNCCCNCCCN1CCCC1. The summed E-state index contributed by atoms with van der Waals surface area (Å²) < 4.78 is 0. The van der Waals surface area contributed by atoms with Crippen LogP contribution in [0.2, 0.25) is 0 Å². The van der Waals surface area contributed by atoms with Crippen molar-refractivity contribution in [3.05, 3.63) is 0 Å². The molecule has 16 heteroatoms. The number of nitrogens with one attached hydrogen (secondary N) is 6. The monoisotopic (exact) mass is 824 g/mol. The van der Waals surface area contributed by atoms with Crippen LogP contribution in [-0.4, -0.2) is 186 Å². The average molecular weight is 824 g/mol. The van der Waals surface area contributed by atoms with E-state index in [0.717, 1.165) is 114 Å². The van der Waals surface area contributed by atoms with E-state index in [9.17, 15) is 14.7 Å². The molecule has 2 heterocycles. The molecule has 53 heavy (non-hydrogen) atoms. The molecule has 2 aliphatic heterocycles. The third-order valence-corrected chi connectivity index (χ3v) is 14.1. The van der Waals surface area contributed by atoms with Gasteiger partial charge in [0.1, 0.15) is 0 Å². The molecule has 0 bridgehead atoms. The van der Waals surface area contributed by atoms with E-state index in [0.29, 0.717) is 25.9 Å². The standard InChI is InChI=1S/C37H77N9O3S4/c47-31-9-29-46(28-8-16-41-19-33-51-52-34-20-42-36(48)10-17-39-15-7-27-45-24-3-4-25-45)30-11-37(49)43-21-35-53-50-32-18-40-13-5-12-38-14-6-26-44-22-1-2-23-44/h38-41,47H,1-35H2,(H,42,48)(H,43,49). The lowest BCUT2D eigenvalue weighted by Gasteiger charge is -2.21. The van der Waals surface area contributed by atoms with Crippen LogP contribution in [0.1, 0.15) is 70.6 Å². The number of rotatable bonds is 39. The lowest BCUT2D eigenvalue weighted by atomic mass is 10.3. The van der Waals surface area contributed by atoms with E-state index in [4.69, 9.17) is 0 Å². The van der Waals surface area contributed by atoms with Gasteiger partial charge in [0.25, 0.3) is 0 Å². The first-order chi connectivity index (χ1) is 26.2. The number of nitrogens with zero attached hydrogens (tertiary/aromatic N) is 3. The largest absolute Gasteiger partial charge is 0.396 e. The first kappa shape index (κ1) is 49.2. The summed E-state index contributed by atoms with van der Waals surface area (Å²) in [7, 11) is 7.36. The molecular weight excluding hydrogens is 747 g/mol. The van der Waals surface area contributed by atoms with Crippen LogP contribution < -0.4 is 31.9 Å². The summed E-state index contributed by atoms with van der Waals surface area (Å²) in [6, 6.07) is 0. The lowest BCUT2D eigenvalue weighted by Crippen LogP contribution is -2.34. The Bertz CT molecular complexity index is 847. The van der Waals surface area contributed by atoms with Gasteiger partial charge in [-0.3, -0.25) is 9.59 Å². The Morgan fingerprint density at radius 3 is 1.47 bits per heavy atom. The van der Waals surface area contributed by atoms with Crippen molar-refractivity contribution in [1.29, 1.82) is 0 Å². The van der Waals surface area contributed by atoms with Crippen molar-refractivity contribution in [1.82, 2.24) is 46.6 Å². The van der Waals surface area contributed by atoms with E-state index in [1.165, 1.54) is 77.8 Å². The van der Waals surface area contributed by atoms with Crippen LogP contribution in [0, 0.1) is 0 Å². The Morgan fingerprint density at radius 1 is 0.491 bits per heavy atom. The number of aliphatic hydroxyl groups excluding tert-OH is 1. The molecule has 2 fully saturated rings. The summed E-state index contributed by atoms with van der Waals surface area (Å²) >= 11 is 0. The van der Waals surface area contributed by atoms with Crippen LogP contribution in [0.4, 0.5) is 0 Å². The van der Waals surface area contributed by atoms with Gasteiger partial charge >= 0.3 is 0 Å². The Labute approximate surface area is 339 Å². The fourth-order valence-electron chi connectivity index (χ4n) is 6.33. The highest BCUT2D eigenvalue weighted by molar-refractivity contribution is 8.77. The molecule has 7 N–H and O–H groups in total. The van der Waals surface area contributed by atoms with E-state index in [2.05, 4.69) is 46.6 Å². The molecular formula is C37H77N9O3S4. The molecule has 0 aromatic heterocycles. The highest BCUT2D eigenvalue weighted by atomic mass is 33.1. The zero-order valence-corrected chi connectivity index (χ0v) is 36.3. The number of carbonyl (C=O) groups excluding carboxylic acids is 2. The van der Waals surface area contributed by atoms with Gasteiger partial charge in [-0.1, -0.05) is 43.2 Å². The third kappa shape index (κ3) is 31.8.